The smallest absolute Gasteiger partial charge is 0.303 e. The molecule has 18 heavy (non-hydrogen) atoms. The minimum atomic E-state index is -0.841. The van der Waals surface area contributed by atoms with Crippen LogP contribution in [-0.4, -0.2) is 17.0 Å². The highest BCUT2D eigenvalue weighted by atomic mass is 79.9. The predicted molar refractivity (Wildman–Crippen MR) is 73.9 cm³/mol. The topological polar surface area (TPSA) is 66.4 Å². The molecule has 0 unspecified atom stereocenters. The van der Waals surface area contributed by atoms with Crippen LogP contribution in [-0.2, 0) is 9.59 Å². The minimum Gasteiger partial charge on any atom is -0.481 e. The standard InChI is InChI=1S/C12H13BrClNO3/c13-8-5-6-10(9(14)7-8)15-11(16)3-1-2-4-12(17)18/h5-7H,1-4H2,(H,15,16)(H,17,18). The van der Waals surface area contributed by atoms with E-state index in [2.05, 4.69) is 21.2 Å². The average Bonchev–Trinajstić information content (AvgIpc) is 2.28. The van der Waals surface area contributed by atoms with Gasteiger partial charge in [0.1, 0.15) is 0 Å². The van der Waals surface area contributed by atoms with Gasteiger partial charge in [0, 0.05) is 17.3 Å². The summed E-state index contributed by atoms with van der Waals surface area (Å²) < 4.78 is 0.840. The van der Waals surface area contributed by atoms with Crippen molar-refractivity contribution in [3.05, 3.63) is 27.7 Å². The molecule has 0 aromatic heterocycles. The zero-order valence-corrected chi connectivity index (χ0v) is 11.9. The van der Waals surface area contributed by atoms with Crippen LogP contribution in [0.15, 0.2) is 22.7 Å². The van der Waals surface area contributed by atoms with E-state index in [1.165, 1.54) is 0 Å². The Morgan fingerprint density at radius 3 is 2.56 bits per heavy atom. The molecule has 0 aliphatic rings. The van der Waals surface area contributed by atoms with E-state index in [1.807, 2.05) is 0 Å². The monoisotopic (exact) mass is 333 g/mol. The fraction of sp³-hybridized carbons (Fsp3) is 0.333. The number of carboxylic acid groups (broad SMARTS) is 1. The Hall–Kier alpha value is -1.07. The van der Waals surface area contributed by atoms with Crippen LogP contribution in [0.1, 0.15) is 25.7 Å². The van der Waals surface area contributed by atoms with Crippen LogP contribution in [0.4, 0.5) is 5.69 Å². The maximum Gasteiger partial charge on any atom is 0.303 e. The normalized spacial score (nSPS) is 10.1. The molecule has 4 nitrogen and oxygen atoms in total. The molecule has 1 rings (SSSR count). The molecule has 0 atom stereocenters. The van der Waals surface area contributed by atoms with E-state index >= 15 is 0 Å². The van der Waals surface area contributed by atoms with Crippen molar-refractivity contribution in [2.75, 3.05) is 5.32 Å². The molecular weight excluding hydrogens is 321 g/mol. The number of halogens is 2. The van der Waals surface area contributed by atoms with Gasteiger partial charge in [-0.1, -0.05) is 27.5 Å². The fourth-order valence-electron chi connectivity index (χ4n) is 1.37. The van der Waals surface area contributed by atoms with Gasteiger partial charge in [-0.05, 0) is 31.0 Å². The Bertz CT molecular complexity index is 451. The minimum absolute atomic E-state index is 0.0896. The lowest BCUT2D eigenvalue weighted by Gasteiger charge is -2.07. The van der Waals surface area contributed by atoms with Gasteiger partial charge in [-0.2, -0.15) is 0 Å². The first-order valence-corrected chi connectivity index (χ1v) is 6.63. The van der Waals surface area contributed by atoms with Crippen LogP contribution in [0, 0.1) is 0 Å². The first-order valence-electron chi connectivity index (χ1n) is 5.45. The van der Waals surface area contributed by atoms with Crippen LogP contribution < -0.4 is 5.32 Å². The van der Waals surface area contributed by atoms with Crippen molar-refractivity contribution >= 4 is 45.1 Å². The van der Waals surface area contributed by atoms with Crippen LogP contribution in [0.2, 0.25) is 5.02 Å². The maximum absolute atomic E-state index is 11.6. The van der Waals surface area contributed by atoms with E-state index in [-0.39, 0.29) is 12.3 Å². The summed E-state index contributed by atoms with van der Waals surface area (Å²) in [5.74, 6) is -1.00. The molecule has 0 bridgehead atoms. The zero-order chi connectivity index (χ0) is 13.5. The Morgan fingerprint density at radius 2 is 1.94 bits per heavy atom. The van der Waals surface area contributed by atoms with Gasteiger partial charge in [0.25, 0.3) is 0 Å². The number of hydrogen-bond acceptors (Lipinski definition) is 2. The molecule has 0 spiro atoms. The zero-order valence-electron chi connectivity index (χ0n) is 9.58. The van der Waals surface area contributed by atoms with Gasteiger partial charge in [0.05, 0.1) is 10.7 Å². The number of rotatable bonds is 6. The largest absolute Gasteiger partial charge is 0.481 e. The molecular formula is C12H13BrClNO3. The van der Waals surface area contributed by atoms with Gasteiger partial charge in [0.15, 0.2) is 0 Å². The van der Waals surface area contributed by atoms with Crippen molar-refractivity contribution in [1.29, 1.82) is 0 Å². The number of aliphatic carboxylic acids is 1. The van der Waals surface area contributed by atoms with Gasteiger partial charge in [-0.25, -0.2) is 0 Å². The number of carboxylic acids is 1. The summed E-state index contributed by atoms with van der Waals surface area (Å²) in [5, 5.41) is 11.6. The second-order valence-corrected chi connectivity index (χ2v) is 5.10. The molecule has 1 aromatic carbocycles. The first kappa shape index (κ1) is 15.0. The quantitative estimate of drug-likeness (QED) is 0.780. The van der Waals surface area contributed by atoms with E-state index in [1.54, 1.807) is 18.2 Å². The number of benzene rings is 1. The summed E-state index contributed by atoms with van der Waals surface area (Å²) in [4.78, 5) is 21.9. The van der Waals surface area contributed by atoms with Gasteiger partial charge < -0.3 is 10.4 Å². The predicted octanol–water partition coefficient (Wildman–Crippen LogP) is 3.69. The van der Waals surface area contributed by atoms with Crippen LogP contribution >= 0.6 is 27.5 Å². The Balaban J connectivity index is 2.38. The molecule has 0 saturated heterocycles. The Kier molecular flexibility index (Phi) is 6.15. The number of hydrogen-bond donors (Lipinski definition) is 2. The van der Waals surface area contributed by atoms with Crippen molar-refractivity contribution < 1.29 is 14.7 Å². The molecule has 6 heteroatoms. The van der Waals surface area contributed by atoms with Gasteiger partial charge in [-0.3, -0.25) is 9.59 Å². The van der Waals surface area contributed by atoms with E-state index < -0.39 is 5.97 Å². The van der Waals surface area contributed by atoms with Gasteiger partial charge >= 0.3 is 5.97 Å². The van der Waals surface area contributed by atoms with Crippen molar-refractivity contribution in [2.45, 2.75) is 25.7 Å². The van der Waals surface area contributed by atoms with E-state index in [4.69, 9.17) is 16.7 Å². The maximum atomic E-state index is 11.6. The van der Waals surface area contributed by atoms with Crippen molar-refractivity contribution in [1.82, 2.24) is 0 Å². The highest BCUT2D eigenvalue weighted by Gasteiger charge is 2.06. The van der Waals surface area contributed by atoms with E-state index in [0.717, 1.165) is 4.47 Å². The van der Waals surface area contributed by atoms with Crippen molar-refractivity contribution in [2.24, 2.45) is 0 Å². The summed E-state index contributed by atoms with van der Waals surface area (Å²) in [7, 11) is 0. The molecule has 1 aromatic rings. The molecule has 1 amide bonds. The molecule has 0 heterocycles. The number of anilines is 1. The summed E-state index contributed by atoms with van der Waals surface area (Å²) in [6, 6.07) is 5.19. The van der Waals surface area contributed by atoms with Crippen LogP contribution in [0.25, 0.3) is 0 Å². The third-order valence-electron chi connectivity index (χ3n) is 2.25. The summed E-state index contributed by atoms with van der Waals surface area (Å²) in [6.45, 7) is 0. The SMILES string of the molecule is O=C(O)CCCCC(=O)Nc1ccc(Br)cc1Cl. The first-order chi connectivity index (χ1) is 8.49. The summed E-state index contributed by atoms with van der Waals surface area (Å²) in [6.07, 6.45) is 1.43. The Morgan fingerprint density at radius 1 is 1.28 bits per heavy atom. The molecule has 2 N–H and O–H groups in total. The molecule has 0 aliphatic carbocycles. The van der Waals surface area contributed by atoms with Crippen molar-refractivity contribution in [3.8, 4) is 0 Å². The number of carbonyl (C=O) groups excluding carboxylic acids is 1. The summed E-state index contributed by atoms with van der Waals surface area (Å²) in [5.41, 5.74) is 0.558. The highest BCUT2D eigenvalue weighted by Crippen LogP contribution is 2.25. The van der Waals surface area contributed by atoms with Crippen molar-refractivity contribution in [3.63, 3.8) is 0 Å². The molecule has 0 aliphatic heterocycles. The fourth-order valence-corrected chi connectivity index (χ4v) is 2.09. The van der Waals surface area contributed by atoms with Crippen LogP contribution in [0.3, 0.4) is 0 Å². The molecule has 98 valence electrons. The second kappa shape index (κ2) is 7.38. The van der Waals surface area contributed by atoms with Crippen LogP contribution in [0.5, 0.6) is 0 Å². The second-order valence-electron chi connectivity index (χ2n) is 3.77. The lowest BCUT2D eigenvalue weighted by atomic mass is 10.2. The van der Waals surface area contributed by atoms with Gasteiger partial charge in [0.2, 0.25) is 5.91 Å². The Labute approximate surface area is 118 Å². The van der Waals surface area contributed by atoms with E-state index in [0.29, 0.717) is 30.0 Å². The van der Waals surface area contributed by atoms with Gasteiger partial charge in [-0.15, -0.1) is 0 Å². The molecule has 0 fully saturated rings. The summed E-state index contributed by atoms with van der Waals surface area (Å²) >= 11 is 9.23. The number of nitrogens with one attached hydrogen (secondary N) is 1. The lowest BCUT2D eigenvalue weighted by molar-refractivity contribution is -0.137. The third-order valence-corrected chi connectivity index (χ3v) is 3.06. The van der Waals surface area contributed by atoms with E-state index in [9.17, 15) is 9.59 Å². The third kappa shape index (κ3) is 5.51. The lowest BCUT2D eigenvalue weighted by Crippen LogP contribution is -2.11. The number of unbranched alkanes of at least 4 members (excludes halogenated alkanes) is 1. The number of carbonyl (C=O) groups is 2. The number of amides is 1. The highest BCUT2D eigenvalue weighted by molar-refractivity contribution is 9.10. The molecule has 0 saturated carbocycles. The molecule has 0 radical (unpaired) electrons. The average molecular weight is 335 g/mol.